The highest BCUT2D eigenvalue weighted by Crippen LogP contribution is 2.21. The van der Waals surface area contributed by atoms with E-state index in [1.165, 1.54) is 14.0 Å². The van der Waals surface area contributed by atoms with Crippen molar-refractivity contribution < 1.29 is 28.7 Å². The highest BCUT2D eigenvalue weighted by molar-refractivity contribution is 5.94. The molecule has 1 rings (SSSR count). The maximum absolute atomic E-state index is 11.9. The van der Waals surface area contributed by atoms with Crippen molar-refractivity contribution in [2.24, 2.45) is 0 Å². The topological polar surface area (TPSA) is 111 Å². The summed E-state index contributed by atoms with van der Waals surface area (Å²) >= 11 is 0. The van der Waals surface area contributed by atoms with E-state index in [0.29, 0.717) is 23.4 Å². The molecule has 0 aliphatic heterocycles. The van der Waals surface area contributed by atoms with Gasteiger partial charge in [0.15, 0.2) is 12.4 Å². The predicted octanol–water partition coefficient (Wildman–Crippen LogP) is 0.236. The fraction of sp³-hybridized carbons (Fsp3) is 0.412. The summed E-state index contributed by atoms with van der Waals surface area (Å²) < 4.78 is 10.0. The smallest absolute Gasteiger partial charge is 0.310 e. The molecule has 0 saturated heterocycles. The minimum absolute atomic E-state index is 0.137. The number of rotatable bonds is 9. The molecule has 0 bridgehead atoms. The van der Waals surface area contributed by atoms with Crippen LogP contribution in [0.1, 0.15) is 29.8 Å². The average molecular weight is 350 g/mol. The third-order valence-corrected chi connectivity index (χ3v) is 3.21. The van der Waals surface area contributed by atoms with Crippen LogP contribution in [0.5, 0.6) is 5.75 Å². The van der Waals surface area contributed by atoms with Gasteiger partial charge in [0.25, 0.3) is 5.91 Å². The lowest BCUT2D eigenvalue weighted by molar-refractivity contribution is -0.148. The van der Waals surface area contributed by atoms with E-state index in [2.05, 4.69) is 10.6 Å². The number of esters is 1. The number of ether oxygens (including phenoxy) is 2. The number of likely N-dealkylation sites (N-methyl/N-ethyl adjacent to an activating group) is 1. The summed E-state index contributed by atoms with van der Waals surface area (Å²) in [5.41, 5.74) is 0.936. The second kappa shape index (κ2) is 10.1. The van der Waals surface area contributed by atoms with Crippen LogP contribution in [0.3, 0.4) is 0 Å². The first-order valence-corrected chi connectivity index (χ1v) is 7.74. The van der Waals surface area contributed by atoms with Gasteiger partial charge in [-0.3, -0.25) is 19.2 Å². The van der Waals surface area contributed by atoms with Gasteiger partial charge in [0.2, 0.25) is 5.91 Å². The zero-order valence-corrected chi connectivity index (χ0v) is 14.5. The molecule has 0 aliphatic rings. The number of carbonyl (C=O) groups excluding carboxylic acids is 4. The Morgan fingerprint density at radius 3 is 2.40 bits per heavy atom. The number of benzene rings is 1. The minimum atomic E-state index is -0.646. The molecule has 0 spiro atoms. The highest BCUT2D eigenvalue weighted by Gasteiger charge is 2.14. The van der Waals surface area contributed by atoms with E-state index in [-0.39, 0.29) is 24.7 Å². The van der Waals surface area contributed by atoms with Gasteiger partial charge in [-0.2, -0.15) is 0 Å². The second-order valence-corrected chi connectivity index (χ2v) is 5.15. The summed E-state index contributed by atoms with van der Waals surface area (Å²) in [5, 5.41) is 4.86. The largest absolute Gasteiger partial charge is 0.496 e. The highest BCUT2D eigenvalue weighted by atomic mass is 16.5. The van der Waals surface area contributed by atoms with Crippen molar-refractivity contribution in [3.05, 3.63) is 29.3 Å². The summed E-state index contributed by atoms with van der Waals surface area (Å²) in [6, 6.07) is 4.75. The van der Waals surface area contributed by atoms with E-state index in [9.17, 15) is 19.2 Å². The Hall–Kier alpha value is -2.90. The molecule has 1 aromatic rings. The van der Waals surface area contributed by atoms with Crippen LogP contribution in [0, 0.1) is 0 Å². The number of carbonyl (C=O) groups is 4. The van der Waals surface area contributed by atoms with Crippen molar-refractivity contribution in [3.63, 3.8) is 0 Å². The molecule has 2 N–H and O–H groups in total. The minimum Gasteiger partial charge on any atom is -0.496 e. The summed E-state index contributed by atoms with van der Waals surface area (Å²) in [6.45, 7) is 2.97. The van der Waals surface area contributed by atoms with E-state index in [4.69, 9.17) is 9.47 Å². The Morgan fingerprint density at radius 1 is 1.08 bits per heavy atom. The standard InChI is InChI=1S/C17H22N2O6/c1-4-18-15(21)9-19-16(22)10-25-17(23)8-13-7-12(11(2)20)5-6-14(13)24-3/h5-7H,4,8-10H2,1-3H3,(H,18,21)(H,19,22). The van der Waals surface area contributed by atoms with Crippen LogP contribution in [0.25, 0.3) is 0 Å². The van der Waals surface area contributed by atoms with Gasteiger partial charge < -0.3 is 20.1 Å². The average Bonchev–Trinajstić information content (AvgIpc) is 2.58. The van der Waals surface area contributed by atoms with Crippen molar-refractivity contribution in [1.29, 1.82) is 0 Å². The molecule has 0 radical (unpaired) electrons. The molecule has 0 saturated carbocycles. The molecule has 136 valence electrons. The molecule has 8 heteroatoms. The van der Waals surface area contributed by atoms with Crippen LogP contribution in [0.2, 0.25) is 0 Å². The fourth-order valence-corrected chi connectivity index (χ4v) is 1.98. The number of methoxy groups -OCH3 is 1. The molecular formula is C17H22N2O6. The van der Waals surface area contributed by atoms with Crippen LogP contribution < -0.4 is 15.4 Å². The predicted molar refractivity (Wildman–Crippen MR) is 89.4 cm³/mol. The van der Waals surface area contributed by atoms with Crippen molar-refractivity contribution in [2.45, 2.75) is 20.3 Å². The molecule has 0 aromatic heterocycles. The van der Waals surface area contributed by atoms with Crippen LogP contribution in [-0.2, 0) is 25.5 Å². The summed E-state index contributed by atoms with van der Waals surface area (Å²) in [5.74, 6) is -1.24. The van der Waals surface area contributed by atoms with Crippen molar-refractivity contribution in [2.75, 3.05) is 26.8 Å². The molecular weight excluding hydrogens is 328 g/mol. The van der Waals surface area contributed by atoms with Gasteiger partial charge in [-0.25, -0.2) is 0 Å². The van der Waals surface area contributed by atoms with Gasteiger partial charge in [-0.1, -0.05) is 0 Å². The SMILES string of the molecule is CCNC(=O)CNC(=O)COC(=O)Cc1cc(C(C)=O)ccc1OC. The zero-order valence-electron chi connectivity index (χ0n) is 14.5. The first-order chi connectivity index (χ1) is 11.9. The normalized spacial score (nSPS) is 9.88. The maximum Gasteiger partial charge on any atom is 0.310 e. The van der Waals surface area contributed by atoms with E-state index >= 15 is 0 Å². The van der Waals surface area contributed by atoms with Crippen LogP contribution in [-0.4, -0.2) is 50.4 Å². The lowest BCUT2D eigenvalue weighted by Gasteiger charge is -2.10. The number of Topliss-reactive ketones (excluding diaryl/α,β-unsaturated/α-hetero) is 1. The molecule has 2 amide bonds. The summed E-state index contributed by atoms with van der Waals surface area (Å²) in [7, 11) is 1.45. The molecule has 8 nitrogen and oxygen atoms in total. The zero-order chi connectivity index (χ0) is 18.8. The summed E-state index contributed by atoms with van der Waals surface area (Å²) in [6.07, 6.45) is -0.145. The monoisotopic (exact) mass is 350 g/mol. The van der Waals surface area contributed by atoms with E-state index in [0.717, 1.165) is 0 Å². The Balaban J connectivity index is 2.54. The number of hydrogen-bond acceptors (Lipinski definition) is 6. The molecule has 0 aliphatic carbocycles. The third kappa shape index (κ3) is 7.03. The Morgan fingerprint density at radius 2 is 1.80 bits per heavy atom. The molecule has 0 fully saturated rings. The lowest BCUT2D eigenvalue weighted by Crippen LogP contribution is -2.38. The number of nitrogens with one attached hydrogen (secondary N) is 2. The second-order valence-electron chi connectivity index (χ2n) is 5.15. The maximum atomic E-state index is 11.9. The first kappa shape index (κ1) is 20.1. The Bertz CT molecular complexity index is 657. The van der Waals surface area contributed by atoms with Crippen LogP contribution in [0.4, 0.5) is 0 Å². The summed E-state index contributed by atoms with van der Waals surface area (Å²) in [4.78, 5) is 46.1. The van der Waals surface area contributed by atoms with Crippen molar-refractivity contribution in [1.82, 2.24) is 10.6 Å². The van der Waals surface area contributed by atoms with Crippen LogP contribution >= 0.6 is 0 Å². The van der Waals surface area contributed by atoms with Gasteiger partial charge >= 0.3 is 5.97 Å². The molecule has 1 aromatic carbocycles. The number of ketones is 1. The van der Waals surface area contributed by atoms with Crippen molar-refractivity contribution >= 4 is 23.6 Å². The van der Waals surface area contributed by atoms with E-state index in [1.54, 1.807) is 25.1 Å². The van der Waals surface area contributed by atoms with Gasteiger partial charge in [-0.15, -0.1) is 0 Å². The first-order valence-electron chi connectivity index (χ1n) is 7.74. The number of hydrogen-bond donors (Lipinski definition) is 2. The Kier molecular flexibility index (Phi) is 8.11. The van der Waals surface area contributed by atoms with Crippen molar-refractivity contribution in [3.8, 4) is 5.75 Å². The molecule has 0 heterocycles. The Labute approximate surface area is 145 Å². The molecule has 0 atom stereocenters. The van der Waals surface area contributed by atoms with E-state index < -0.39 is 18.5 Å². The third-order valence-electron chi connectivity index (χ3n) is 3.21. The van der Waals surface area contributed by atoms with Gasteiger partial charge in [-0.05, 0) is 32.0 Å². The fourth-order valence-electron chi connectivity index (χ4n) is 1.98. The van der Waals surface area contributed by atoms with Gasteiger partial charge in [0.1, 0.15) is 5.75 Å². The van der Waals surface area contributed by atoms with Gasteiger partial charge in [0, 0.05) is 17.7 Å². The van der Waals surface area contributed by atoms with Crippen LogP contribution in [0.15, 0.2) is 18.2 Å². The van der Waals surface area contributed by atoms with E-state index in [1.807, 2.05) is 0 Å². The number of amides is 2. The molecule has 25 heavy (non-hydrogen) atoms. The van der Waals surface area contributed by atoms with Gasteiger partial charge in [0.05, 0.1) is 20.1 Å². The quantitative estimate of drug-likeness (QED) is 0.487. The molecule has 0 unspecified atom stereocenters. The lowest BCUT2D eigenvalue weighted by atomic mass is 10.0.